The van der Waals surface area contributed by atoms with Gasteiger partial charge in [-0.1, -0.05) is 0 Å². The van der Waals surface area contributed by atoms with Crippen molar-refractivity contribution >= 4 is 28.3 Å². The Hall–Kier alpha value is -0.290. The van der Waals surface area contributed by atoms with E-state index in [1.807, 2.05) is 37.2 Å². The first kappa shape index (κ1) is 9.80. The fraction of sp³-hybridized carbons (Fsp3) is 0.333. The molecule has 1 N–H and O–H groups in total. The molecule has 0 spiro atoms. The molecule has 0 fully saturated rings. The minimum absolute atomic E-state index is 0.111. The Labute approximate surface area is 86.3 Å². The number of anilines is 1. The molecule has 0 radical (unpaired) electrons. The third-order valence-corrected chi connectivity index (χ3v) is 2.77. The van der Waals surface area contributed by atoms with Crippen LogP contribution < -0.4 is 4.90 Å². The highest BCUT2D eigenvalue weighted by molar-refractivity contribution is 14.1. The summed E-state index contributed by atoms with van der Waals surface area (Å²) in [4.78, 5) is 2.02. The maximum absolute atomic E-state index is 9.00. The van der Waals surface area contributed by atoms with Crippen molar-refractivity contribution in [1.82, 2.24) is 0 Å². The lowest BCUT2D eigenvalue weighted by molar-refractivity contribution is 0.281. The highest BCUT2D eigenvalue weighted by Crippen LogP contribution is 2.19. The van der Waals surface area contributed by atoms with Gasteiger partial charge in [0.1, 0.15) is 0 Å². The zero-order valence-electron chi connectivity index (χ0n) is 7.21. The molecule has 2 nitrogen and oxygen atoms in total. The summed E-state index contributed by atoms with van der Waals surface area (Å²) in [6.07, 6.45) is 0. The maximum atomic E-state index is 9.00. The summed E-state index contributed by atoms with van der Waals surface area (Å²) >= 11 is 2.22. The summed E-state index contributed by atoms with van der Waals surface area (Å²) in [5.41, 5.74) is 2.11. The molecule has 0 unspecified atom stereocenters. The first-order valence-corrected chi connectivity index (χ1v) is 4.79. The molecule has 0 amide bonds. The third-order valence-electron chi connectivity index (χ3n) is 1.72. The summed E-state index contributed by atoms with van der Waals surface area (Å²) in [6, 6.07) is 6.06. The van der Waals surface area contributed by atoms with Gasteiger partial charge in [-0.2, -0.15) is 0 Å². The molecule has 1 aromatic carbocycles. The Kier molecular flexibility index (Phi) is 3.34. The van der Waals surface area contributed by atoms with E-state index < -0.39 is 0 Å². The normalized spacial score (nSPS) is 10.0. The second kappa shape index (κ2) is 4.09. The van der Waals surface area contributed by atoms with Crippen LogP contribution in [0.25, 0.3) is 0 Å². The van der Waals surface area contributed by atoms with E-state index in [1.165, 1.54) is 0 Å². The number of rotatable bonds is 2. The second-order valence-corrected chi connectivity index (χ2v) is 3.99. The van der Waals surface area contributed by atoms with Gasteiger partial charge in [0.2, 0.25) is 0 Å². The quantitative estimate of drug-likeness (QED) is 0.834. The van der Waals surface area contributed by atoms with Crippen molar-refractivity contribution in [1.29, 1.82) is 0 Å². The lowest BCUT2D eigenvalue weighted by Gasteiger charge is -2.13. The fourth-order valence-electron chi connectivity index (χ4n) is 0.960. The van der Waals surface area contributed by atoms with E-state index in [0.29, 0.717) is 0 Å². The van der Waals surface area contributed by atoms with E-state index in [2.05, 4.69) is 22.6 Å². The molecule has 0 saturated heterocycles. The largest absolute Gasteiger partial charge is 0.392 e. The van der Waals surface area contributed by atoms with Crippen molar-refractivity contribution in [3.8, 4) is 0 Å². The van der Waals surface area contributed by atoms with Gasteiger partial charge >= 0.3 is 0 Å². The highest BCUT2D eigenvalue weighted by Gasteiger charge is 2.00. The van der Waals surface area contributed by atoms with Crippen molar-refractivity contribution < 1.29 is 5.11 Å². The van der Waals surface area contributed by atoms with Gasteiger partial charge in [0, 0.05) is 23.4 Å². The molecule has 12 heavy (non-hydrogen) atoms. The molecule has 0 saturated carbocycles. The SMILES string of the molecule is CN(C)c1ccc(I)c(CO)c1. The van der Waals surface area contributed by atoms with E-state index in [0.717, 1.165) is 14.8 Å². The monoisotopic (exact) mass is 277 g/mol. The summed E-state index contributed by atoms with van der Waals surface area (Å²) in [5.74, 6) is 0. The van der Waals surface area contributed by atoms with Crippen LogP contribution in [0, 0.1) is 3.57 Å². The van der Waals surface area contributed by atoms with E-state index in [9.17, 15) is 0 Å². The van der Waals surface area contributed by atoms with Gasteiger partial charge in [-0.05, 0) is 46.4 Å². The van der Waals surface area contributed by atoms with Crippen molar-refractivity contribution in [3.05, 3.63) is 27.3 Å². The van der Waals surface area contributed by atoms with Gasteiger partial charge in [-0.3, -0.25) is 0 Å². The molecular weight excluding hydrogens is 265 g/mol. The van der Waals surface area contributed by atoms with Gasteiger partial charge in [-0.15, -0.1) is 0 Å². The van der Waals surface area contributed by atoms with Crippen LogP contribution >= 0.6 is 22.6 Å². The zero-order chi connectivity index (χ0) is 9.14. The number of halogens is 1. The van der Waals surface area contributed by atoms with Crippen LogP contribution in [0.15, 0.2) is 18.2 Å². The molecule has 0 aliphatic rings. The van der Waals surface area contributed by atoms with Crippen LogP contribution in [0.5, 0.6) is 0 Å². The second-order valence-electron chi connectivity index (χ2n) is 2.83. The van der Waals surface area contributed by atoms with Crippen LogP contribution in [0.4, 0.5) is 5.69 Å². The number of nitrogens with zero attached hydrogens (tertiary/aromatic N) is 1. The van der Waals surface area contributed by atoms with Crippen LogP contribution in [0.3, 0.4) is 0 Å². The summed E-state index contributed by atoms with van der Waals surface area (Å²) < 4.78 is 1.11. The first-order chi connectivity index (χ1) is 5.65. The average molecular weight is 277 g/mol. The van der Waals surface area contributed by atoms with E-state index in [-0.39, 0.29) is 6.61 Å². The first-order valence-electron chi connectivity index (χ1n) is 3.71. The van der Waals surface area contributed by atoms with E-state index in [4.69, 9.17) is 5.11 Å². The van der Waals surface area contributed by atoms with Crippen molar-refractivity contribution in [2.75, 3.05) is 19.0 Å². The molecule has 66 valence electrons. The van der Waals surface area contributed by atoms with Gasteiger partial charge in [0.05, 0.1) is 6.61 Å². The molecule has 1 aromatic rings. The molecule has 3 heteroatoms. The Bertz CT molecular complexity index is 273. The number of aliphatic hydroxyl groups is 1. The lowest BCUT2D eigenvalue weighted by Crippen LogP contribution is -2.09. The smallest absolute Gasteiger partial charge is 0.0692 e. The Morgan fingerprint density at radius 3 is 2.58 bits per heavy atom. The Morgan fingerprint density at radius 1 is 1.42 bits per heavy atom. The van der Waals surface area contributed by atoms with Crippen LogP contribution in [-0.4, -0.2) is 19.2 Å². The minimum atomic E-state index is 0.111. The minimum Gasteiger partial charge on any atom is -0.392 e. The molecule has 1 rings (SSSR count). The predicted molar refractivity (Wildman–Crippen MR) is 59.4 cm³/mol. The predicted octanol–water partition coefficient (Wildman–Crippen LogP) is 1.85. The standard InChI is InChI=1S/C9H12INO/c1-11(2)8-3-4-9(10)7(5-8)6-12/h3-5,12H,6H2,1-2H3. The van der Waals surface area contributed by atoms with Gasteiger partial charge in [0.15, 0.2) is 0 Å². The van der Waals surface area contributed by atoms with Crippen molar-refractivity contribution in [3.63, 3.8) is 0 Å². The lowest BCUT2D eigenvalue weighted by atomic mass is 10.2. The molecule has 0 bridgehead atoms. The summed E-state index contributed by atoms with van der Waals surface area (Å²) in [7, 11) is 3.98. The molecule has 0 aliphatic carbocycles. The van der Waals surface area contributed by atoms with E-state index in [1.54, 1.807) is 0 Å². The van der Waals surface area contributed by atoms with Crippen molar-refractivity contribution in [2.45, 2.75) is 6.61 Å². The molecule has 0 atom stereocenters. The summed E-state index contributed by atoms with van der Waals surface area (Å²) in [6.45, 7) is 0.111. The Morgan fingerprint density at radius 2 is 2.08 bits per heavy atom. The molecule has 0 aliphatic heterocycles. The highest BCUT2D eigenvalue weighted by atomic mass is 127. The fourth-order valence-corrected chi connectivity index (χ4v) is 1.47. The van der Waals surface area contributed by atoms with Gasteiger partial charge in [0.25, 0.3) is 0 Å². The van der Waals surface area contributed by atoms with Crippen LogP contribution in [-0.2, 0) is 6.61 Å². The topological polar surface area (TPSA) is 23.5 Å². The third kappa shape index (κ3) is 2.10. The van der Waals surface area contributed by atoms with Crippen molar-refractivity contribution in [2.24, 2.45) is 0 Å². The number of hydrogen-bond acceptors (Lipinski definition) is 2. The average Bonchev–Trinajstić information content (AvgIpc) is 2.05. The number of aliphatic hydroxyl groups excluding tert-OH is 1. The maximum Gasteiger partial charge on any atom is 0.0692 e. The van der Waals surface area contributed by atoms with Gasteiger partial charge < -0.3 is 10.0 Å². The summed E-state index contributed by atoms with van der Waals surface area (Å²) in [5, 5.41) is 9.00. The van der Waals surface area contributed by atoms with E-state index >= 15 is 0 Å². The zero-order valence-corrected chi connectivity index (χ0v) is 9.37. The molecule has 0 aromatic heterocycles. The van der Waals surface area contributed by atoms with Crippen LogP contribution in [0.2, 0.25) is 0 Å². The van der Waals surface area contributed by atoms with Gasteiger partial charge in [-0.25, -0.2) is 0 Å². The number of hydrogen-bond donors (Lipinski definition) is 1. The van der Waals surface area contributed by atoms with Crippen LogP contribution in [0.1, 0.15) is 5.56 Å². The number of benzene rings is 1. The molecular formula is C9H12INO. The molecule has 0 heterocycles. The Balaban J connectivity index is 3.05.